The molecule has 0 aromatic heterocycles. The molecule has 0 aliphatic heterocycles. The number of nitrogens with one attached hydrogen (secondary N) is 1. The third kappa shape index (κ3) is 4.74. The van der Waals surface area contributed by atoms with Crippen LogP contribution in [0.3, 0.4) is 0 Å². The number of hydrogen-bond acceptors (Lipinski definition) is 4. The van der Waals surface area contributed by atoms with Crippen LogP contribution in [0.15, 0.2) is 0 Å². The second-order valence-electron chi connectivity index (χ2n) is 6.45. The fraction of sp³-hybridized carbons (Fsp3) is 0.938. The second kappa shape index (κ2) is 7.41. The van der Waals surface area contributed by atoms with Crippen molar-refractivity contribution in [3.05, 3.63) is 0 Å². The Labute approximate surface area is 124 Å². The fourth-order valence-electron chi connectivity index (χ4n) is 3.06. The molecule has 2 unspecified atom stereocenters. The van der Waals surface area contributed by atoms with Crippen molar-refractivity contribution >= 4 is 5.97 Å². The maximum absolute atomic E-state index is 12.3. The summed E-state index contributed by atoms with van der Waals surface area (Å²) in [6.07, 6.45) is 3.13. The average Bonchev–Trinajstić information content (AvgIpc) is 3.13. The Bertz CT molecular complexity index is 316. The molecule has 0 heterocycles. The van der Waals surface area contributed by atoms with Crippen molar-refractivity contribution in [1.29, 1.82) is 0 Å². The number of rotatable bonds is 9. The van der Waals surface area contributed by atoms with Gasteiger partial charge in [-0.2, -0.15) is 0 Å². The quantitative estimate of drug-likeness (QED) is 0.661. The summed E-state index contributed by atoms with van der Waals surface area (Å²) in [6, 6.07) is 1.33. The summed E-state index contributed by atoms with van der Waals surface area (Å²) >= 11 is 0. The van der Waals surface area contributed by atoms with Gasteiger partial charge in [-0.25, -0.2) is 0 Å². The Hall–Kier alpha value is -0.610. The highest BCUT2D eigenvalue weighted by Crippen LogP contribution is 2.27. The third-order valence-corrected chi connectivity index (χ3v) is 4.12. The van der Waals surface area contributed by atoms with E-state index in [4.69, 9.17) is 4.74 Å². The van der Waals surface area contributed by atoms with Gasteiger partial charge in [0, 0.05) is 18.1 Å². The first-order valence-electron chi connectivity index (χ1n) is 8.04. The normalized spacial score (nSPS) is 20.0. The summed E-state index contributed by atoms with van der Waals surface area (Å²) < 4.78 is 5.29. The van der Waals surface area contributed by atoms with Gasteiger partial charge in [0.05, 0.1) is 6.61 Å². The molecule has 0 aromatic carbocycles. The lowest BCUT2D eigenvalue weighted by atomic mass is 9.92. The summed E-state index contributed by atoms with van der Waals surface area (Å²) in [6.45, 7) is 14.1. The van der Waals surface area contributed by atoms with E-state index in [9.17, 15) is 4.79 Å². The third-order valence-electron chi connectivity index (χ3n) is 4.12. The molecule has 1 N–H and O–H groups in total. The van der Waals surface area contributed by atoms with Crippen LogP contribution in [-0.4, -0.2) is 47.7 Å². The SMILES string of the molecule is CCOC(=O)C(C)(CC(C)N(CC)C(C)C)NC1CC1. The molecular formula is C16H32N2O2. The highest BCUT2D eigenvalue weighted by Gasteiger charge is 2.41. The van der Waals surface area contributed by atoms with Gasteiger partial charge in [0.2, 0.25) is 0 Å². The first kappa shape index (κ1) is 17.4. The molecule has 1 saturated carbocycles. The van der Waals surface area contributed by atoms with Crippen molar-refractivity contribution in [2.75, 3.05) is 13.2 Å². The van der Waals surface area contributed by atoms with Gasteiger partial charge < -0.3 is 4.74 Å². The maximum Gasteiger partial charge on any atom is 0.326 e. The van der Waals surface area contributed by atoms with Crippen LogP contribution in [0.4, 0.5) is 0 Å². The molecule has 0 saturated heterocycles. The molecule has 1 fully saturated rings. The number of carbonyl (C=O) groups is 1. The van der Waals surface area contributed by atoms with Crippen LogP contribution in [0.2, 0.25) is 0 Å². The molecule has 1 aliphatic rings. The maximum atomic E-state index is 12.3. The van der Waals surface area contributed by atoms with Gasteiger partial charge in [-0.3, -0.25) is 15.0 Å². The van der Waals surface area contributed by atoms with E-state index >= 15 is 0 Å². The van der Waals surface area contributed by atoms with E-state index in [-0.39, 0.29) is 5.97 Å². The smallest absolute Gasteiger partial charge is 0.326 e. The van der Waals surface area contributed by atoms with Crippen LogP contribution in [0, 0.1) is 0 Å². The Morgan fingerprint density at radius 3 is 2.35 bits per heavy atom. The van der Waals surface area contributed by atoms with Gasteiger partial charge in [0.25, 0.3) is 0 Å². The lowest BCUT2D eigenvalue weighted by Crippen LogP contribution is -2.55. The van der Waals surface area contributed by atoms with E-state index in [2.05, 4.69) is 37.9 Å². The molecule has 4 heteroatoms. The Morgan fingerprint density at radius 1 is 1.35 bits per heavy atom. The summed E-state index contributed by atoms with van der Waals surface area (Å²) in [5.74, 6) is -0.112. The molecule has 2 atom stereocenters. The van der Waals surface area contributed by atoms with Crippen LogP contribution >= 0.6 is 0 Å². The molecular weight excluding hydrogens is 252 g/mol. The zero-order valence-corrected chi connectivity index (χ0v) is 14.0. The van der Waals surface area contributed by atoms with Crippen LogP contribution in [-0.2, 0) is 9.53 Å². The molecule has 0 aromatic rings. The number of nitrogens with zero attached hydrogens (tertiary/aromatic N) is 1. The minimum absolute atomic E-state index is 0.112. The highest BCUT2D eigenvalue weighted by atomic mass is 16.5. The molecule has 20 heavy (non-hydrogen) atoms. The number of carbonyl (C=O) groups excluding carboxylic acids is 1. The zero-order chi connectivity index (χ0) is 15.3. The first-order valence-corrected chi connectivity index (χ1v) is 8.04. The summed E-state index contributed by atoms with van der Waals surface area (Å²) in [4.78, 5) is 14.8. The summed E-state index contributed by atoms with van der Waals surface area (Å²) in [5.41, 5.74) is -0.571. The van der Waals surface area contributed by atoms with Crippen molar-refractivity contribution in [1.82, 2.24) is 10.2 Å². The molecule has 0 spiro atoms. The van der Waals surface area contributed by atoms with Gasteiger partial charge in [-0.1, -0.05) is 6.92 Å². The van der Waals surface area contributed by atoms with Gasteiger partial charge in [0.1, 0.15) is 5.54 Å². The molecule has 1 rings (SSSR count). The van der Waals surface area contributed by atoms with Crippen LogP contribution in [0.5, 0.6) is 0 Å². The molecule has 1 aliphatic carbocycles. The Morgan fingerprint density at radius 2 is 1.95 bits per heavy atom. The van der Waals surface area contributed by atoms with Gasteiger partial charge in [0.15, 0.2) is 0 Å². The van der Waals surface area contributed by atoms with Crippen molar-refractivity contribution in [3.8, 4) is 0 Å². The Balaban J connectivity index is 2.74. The minimum atomic E-state index is -0.571. The van der Waals surface area contributed by atoms with E-state index in [1.807, 2.05) is 13.8 Å². The van der Waals surface area contributed by atoms with E-state index in [0.29, 0.717) is 24.7 Å². The van der Waals surface area contributed by atoms with Crippen molar-refractivity contribution < 1.29 is 9.53 Å². The number of esters is 1. The largest absolute Gasteiger partial charge is 0.465 e. The summed E-state index contributed by atoms with van der Waals surface area (Å²) in [7, 11) is 0. The lowest BCUT2D eigenvalue weighted by molar-refractivity contribution is -0.151. The fourth-order valence-corrected chi connectivity index (χ4v) is 3.06. The number of ether oxygens (including phenoxy) is 1. The van der Waals surface area contributed by atoms with Gasteiger partial charge >= 0.3 is 5.97 Å². The molecule has 0 radical (unpaired) electrons. The van der Waals surface area contributed by atoms with Crippen LogP contribution in [0.1, 0.15) is 60.8 Å². The molecule has 4 nitrogen and oxygen atoms in total. The summed E-state index contributed by atoms with van der Waals surface area (Å²) in [5, 5.41) is 3.50. The van der Waals surface area contributed by atoms with Crippen molar-refractivity contribution in [3.63, 3.8) is 0 Å². The van der Waals surface area contributed by atoms with Crippen LogP contribution < -0.4 is 5.32 Å². The number of hydrogen-bond donors (Lipinski definition) is 1. The monoisotopic (exact) mass is 284 g/mol. The zero-order valence-electron chi connectivity index (χ0n) is 14.0. The first-order chi connectivity index (χ1) is 9.34. The van der Waals surface area contributed by atoms with E-state index in [1.165, 1.54) is 12.8 Å². The van der Waals surface area contributed by atoms with Gasteiger partial charge in [-0.05, 0) is 60.4 Å². The van der Waals surface area contributed by atoms with Crippen molar-refractivity contribution in [2.45, 2.75) is 84.5 Å². The highest BCUT2D eigenvalue weighted by molar-refractivity contribution is 5.80. The predicted molar refractivity (Wildman–Crippen MR) is 82.8 cm³/mol. The van der Waals surface area contributed by atoms with Crippen molar-refractivity contribution in [2.24, 2.45) is 0 Å². The average molecular weight is 284 g/mol. The topological polar surface area (TPSA) is 41.6 Å². The molecule has 0 bridgehead atoms. The predicted octanol–water partition coefficient (Wildman–Crippen LogP) is 2.57. The molecule has 118 valence electrons. The standard InChI is InChI=1S/C16H32N2O2/c1-7-18(12(3)4)13(5)11-16(6,15(19)20-8-2)17-14-9-10-14/h12-14,17H,7-11H2,1-6H3. The van der Waals surface area contributed by atoms with E-state index in [1.54, 1.807) is 0 Å². The van der Waals surface area contributed by atoms with Crippen LogP contribution in [0.25, 0.3) is 0 Å². The Kier molecular flexibility index (Phi) is 6.46. The van der Waals surface area contributed by atoms with E-state index < -0.39 is 5.54 Å². The minimum Gasteiger partial charge on any atom is -0.465 e. The second-order valence-corrected chi connectivity index (χ2v) is 6.45. The molecule has 0 amide bonds. The van der Waals surface area contributed by atoms with Gasteiger partial charge in [-0.15, -0.1) is 0 Å². The lowest BCUT2D eigenvalue weighted by Gasteiger charge is -2.37. The van der Waals surface area contributed by atoms with E-state index in [0.717, 1.165) is 13.0 Å².